The highest BCUT2D eigenvalue weighted by Gasteiger charge is 2.21. The molecule has 1 N–H and O–H groups in total. The number of ether oxygens (including phenoxy) is 1. The molecule has 0 bridgehead atoms. The lowest BCUT2D eigenvalue weighted by atomic mass is 10.1. The molecule has 1 saturated heterocycles. The number of morpholine rings is 1. The zero-order valence-corrected chi connectivity index (χ0v) is 14.7. The van der Waals surface area contributed by atoms with Gasteiger partial charge in [-0.05, 0) is 17.4 Å². The molecule has 1 atom stereocenters. The third-order valence-corrected chi connectivity index (χ3v) is 4.66. The second-order valence-corrected chi connectivity index (χ2v) is 7.30. The SMILES string of the molecule is CC(C)CN1CCOC(CNC(=O)CCC(=O)c2cccs2)C1. The van der Waals surface area contributed by atoms with Gasteiger partial charge in [-0.3, -0.25) is 14.5 Å². The fourth-order valence-corrected chi connectivity index (χ4v) is 3.38. The first-order chi connectivity index (χ1) is 11.0. The number of Topliss-reactive ketones (excluding diaryl/α,β-unsaturated/α-hetero) is 1. The van der Waals surface area contributed by atoms with Crippen LogP contribution >= 0.6 is 11.3 Å². The van der Waals surface area contributed by atoms with Gasteiger partial charge in [0.2, 0.25) is 5.91 Å². The van der Waals surface area contributed by atoms with Crippen molar-refractivity contribution in [2.24, 2.45) is 5.92 Å². The van der Waals surface area contributed by atoms with E-state index in [0.29, 0.717) is 19.1 Å². The highest BCUT2D eigenvalue weighted by Crippen LogP contribution is 2.12. The average molecular weight is 338 g/mol. The molecule has 1 aliphatic heterocycles. The molecular weight excluding hydrogens is 312 g/mol. The monoisotopic (exact) mass is 338 g/mol. The lowest BCUT2D eigenvalue weighted by Gasteiger charge is -2.33. The molecule has 0 radical (unpaired) electrons. The van der Waals surface area contributed by atoms with Gasteiger partial charge < -0.3 is 10.1 Å². The zero-order valence-electron chi connectivity index (χ0n) is 13.9. The van der Waals surface area contributed by atoms with Crippen molar-refractivity contribution in [2.45, 2.75) is 32.8 Å². The van der Waals surface area contributed by atoms with Gasteiger partial charge in [0.25, 0.3) is 0 Å². The Morgan fingerprint density at radius 3 is 2.96 bits per heavy atom. The van der Waals surface area contributed by atoms with Gasteiger partial charge in [0.1, 0.15) is 0 Å². The van der Waals surface area contributed by atoms with Gasteiger partial charge >= 0.3 is 0 Å². The molecule has 1 aromatic heterocycles. The summed E-state index contributed by atoms with van der Waals surface area (Å²) in [5.41, 5.74) is 0. The summed E-state index contributed by atoms with van der Waals surface area (Å²) in [6.45, 7) is 8.51. The second kappa shape index (κ2) is 9.15. The van der Waals surface area contributed by atoms with Crippen molar-refractivity contribution in [1.82, 2.24) is 10.2 Å². The normalized spacial score (nSPS) is 19.0. The van der Waals surface area contributed by atoms with Crippen LogP contribution in [0.4, 0.5) is 0 Å². The predicted octanol–water partition coefficient (Wildman–Crippen LogP) is 2.18. The lowest BCUT2D eigenvalue weighted by Crippen LogP contribution is -2.48. The van der Waals surface area contributed by atoms with Crippen LogP contribution in [0.15, 0.2) is 17.5 Å². The third kappa shape index (κ3) is 6.41. The van der Waals surface area contributed by atoms with E-state index >= 15 is 0 Å². The predicted molar refractivity (Wildman–Crippen MR) is 91.9 cm³/mol. The van der Waals surface area contributed by atoms with Crippen molar-refractivity contribution in [2.75, 3.05) is 32.8 Å². The number of carbonyl (C=O) groups excluding carboxylic acids is 2. The van der Waals surface area contributed by atoms with E-state index in [2.05, 4.69) is 24.1 Å². The zero-order chi connectivity index (χ0) is 16.7. The van der Waals surface area contributed by atoms with Crippen molar-refractivity contribution in [1.29, 1.82) is 0 Å². The average Bonchev–Trinajstić information content (AvgIpc) is 3.05. The highest BCUT2D eigenvalue weighted by molar-refractivity contribution is 7.12. The fraction of sp³-hybridized carbons (Fsp3) is 0.647. The summed E-state index contributed by atoms with van der Waals surface area (Å²) in [4.78, 5) is 26.9. The van der Waals surface area contributed by atoms with Crippen LogP contribution in [0.1, 0.15) is 36.4 Å². The number of nitrogens with zero attached hydrogens (tertiary/aromatic N) is 1. The Balaban J connectivity index is 1.65. The van der Waals surface area contributed by atoms with Crippen molar-refractivity contribution in [3.05, 3.63) is 22.4 Å². The van der Waals surface area contributed by atoms with Crippen LogP contribution in [0.3, 0.4) is 0 Å². The molecule has 1 fully saturated rings. The largest absolute Gasteiger partial charge is 0.374 e. The Morgan fingerprint density at radius 1 is 1.43 bits per heavy atom. The number of amides is 1. The van der Waals surface area contributed by atoms with Crippen LogP contribution in [0.5, 0.6) is 0 Å². The Bertz CT molecular complexity index is 502. The van der Waals surface area contributed by atoms with Gasteiger partial charge in [-0.15, -0.1) is 11.3 Å². The van der Waals surface area contributed by atoms with E-state index < -0.39 is 0 Å². The number of rotatable bonds is 8. The van der Waals surface area contributed by atoms with Crippen LogP contribution in [-0.4, -0.2) is 55.5 Å². The number of ketones is 1. The van der Waals surface area contributed by atoms with Crippen LogP contribution in [0.25, 0.3) is 0 Å². The van der Waals surface area contributed by atoms with Gasteiger partial charge in [0.05, 0.1) is 17.6 Å². The van der Waals surface area contributed by atoms with Gasteiger partial charge in [0, 0.05) is 39.0 Å². The maximum Gasteiger partial charge on any atom is 0.220 e. The summed E-state index contributed by atoms with van der Waals surface area (Å²) in [7, 11) is 0. The first-order valence-corrected chi connectivity index (χ1v) is 9.10. The molecule has 1 unspecified atom stereocenters. The molecule has 1 aromatic rings. The van der Waals surface area contributed by atoms with Crippen molar-refractivity contribution >= 4 is 23.0 Å². The summed E-state index contributed by atoms with van der Waals surface area (Å²) in [6, 6.07) is 3.64. The van der Waals surface area contributed by atoms with E-state index in [1.54, 1.807) is 6.07 Å². The van der Waals surface area contributed by atoms with Gasteiger partial charge in [-0.1, -0.05) is 19.9 Å². The quantitative estimate of drug-likeness (QED) is 0.738. The molecule has 0 saturated carbocycles. The van der Waals surface area contributed by atoms with E-state index in [1.807, 2.05) is 11.4 Å². The van der Waals surface area contributed by atoms with Gasteiger partial charge in [-0.2, -0.15) is 0 Å². The van der Waals surface area contributed by atoms with Crippen molar-refractivity contribution < 1.29 is 14.3 Å². The number of nitrogens with one attached hydrogen (secondary N) is 1. The van der Waals surface area contributed by atoms with E-state index in [4.69, 9.17) is 4.74 Å². The fourth-order valence-electron chi connectivity index (χ4n) is 2.69. The highest BCUT2D eigenvalue weighted by atomic mass is 32.1. The molecule has 5 nitrogen and oxygen atoms in total. The standard InChI is InChI=1S/C17H26N2O3S/c1-13(2)11-19-7-8-22-14(12-19)10-18-17(21)6-5-15(20)16-4-3-9-23-16/h3-4,9,13-14H,5-8,10-12H2,1-2H3,(H,18,21). The van der Waals surface area contributed by atoms with Crippen LogP contribution in [0.2, 0.25) is 0 Å². The maximum atomic E-state index is 11.9. The summed E-state index contributed by atoms with van der Waals surface area (Å²) in [5.74, 6) is 0.582. The summed E-state index contributed by atoms with van der Waals surface area (Å²) in [5, 5.41) is 4.76. The second-order valence-electron chi connectivity index (χ2n) is 6.35. The number of hydrogen-bond donors (Lipinski definition) is 1. The smallest absolute Gasteiger partial charge is 0.220 e. The molecule has 2 heterocycles. The molecular formula is C17H26N2O3S. The van der Waals surface area contributed by atoms with E-state index in [9.17, 15) is 9.59 Å². The minimum atomic E-state index is -0.0838. The lowest BCUT2D eigenvalue weighted by molar-refractivity contribution is -0.122. The van der Waals surface area contributed by atoms with Crippen LogP contribution in [0, 0.1) is 5.92 Å². The first-order valence-electron chi connectivity index (χ1n) is 8.22. The van der Waals surface area contributed by atoms with Crippen molar-refractivity contribution in [3.8, 4) is 0 Å². The minimum Gasteiger partial charge on any atom is -0.374 e. The molecule has 2 rings (SSSR count). The van der Waals surface area contributed by atoms with E-state index in [-0.39, 0.29) is 30.6 Å². The van der Waals surface area contributed by atoms with E-state index in [0.717, 1.165) is 24.5 Å². The van der Waals surface area contributed by atoms with Gasteiger partial charge in [-0.25, -0.2) is 0 Å². The molecule has 0 spiro atoms. The molecule has 6 heteroatoms. The first kappa shape index (κ1) is 18.1. The molecule has 23 heavy (non-hydrogen) atoms. The molecule has 1 aliphatic rings. The number of carbonyl (C=O) groups is 2. The van der Waals surface area contributed by atoms with Crippen LogP contribution < -0.4 is 5.32 Å². The summed E-state index contributed by atoms with van der Waals surface area (Å²) >= 11 is 1.42. The maximum absolute atomic E-state index is 11.9. The summed E-state index contributed by atoms with van der Waals surface area (Å²) in [6.07, 6.45) is 0.538. The molecule has 1 amide bonds. The van der Waals surface area contributed by atoms with E-state index in [1.165, 1.54) is 11.3 Å². The molecule has 0 aliphatic carbocycles. The van der Waals surface area contributed by atoms with Crippen molar-refractivity contribution in [3.63, 3.8) is 0 Å². The minimum absolute atomic E-state index is 0.0344. The Labute approximate surface area is 142 Å². The Kier molecular flexibility index (Phi) is 7.20. The number of thiophene rings is 1. The van der Waals surface area contributed by atoms with Crippen LogP contribution in [-0.2, 0) is 9.53 Å². The van der Waals surface area contributed by atoms with Gasteiger partial charge in [0.15, 0.2) is 5.78 Å². The Hall–Kier alpha value is -1.24. The number of hydrogen-bond acceptors (Lipinski definition) is 5. The molecule has 128 valence electrons. The Morgan fingerprint density at radius 2 is 2.26 bits per heavy atom. The topological polar surface area (TPSA) is 58.6 Å². The summed E-state index contributed by atoms with van der Waals surface area (Å²) < 4.78 is 5.70. The molecule has 0 aromatic carbocycles. The third-order valence-electron chi connectivity index (χ3n) is 3.75.